The van der Waals surface area contributed by atoms with Gasteiger partial charge in [-0.25, -0.2) is 15.0 Å². The minimum Gasteiger partial charge on any atom is -0.255 e. The highest BCUT2D eigenvalue weighted by Gasteiger charge is 2.41. The van der Waals surface area contributed by atoms with Gasteiger partial charge in [-0.05, 0) is 100 Å². The van der Waals surface area contributed by atoms with Gasteiger partial charge in [0.15, 0.2) is 17.5 Å². The Balaban J connectivity index is 1.15. The maximum atomic E-state index is 5.07. The Morgan fingerprint density at radius 1 is 0.508 bits per heavy atom. The lowest BCUT2D eigenvalue weighted by Gasteiger charge is -2.29. The van der Waals surface area contributed by atoms with Gasteiger partial charge in [0.25, 0.3) is 0 Å². The van der Waals surface area contributed by atoms with Crippen molar-refractivity contribution in [2.45, 2.75) is 111 Å². The second-order valence-electron chi connectivity index (χ2n) is 18.8. The van der Waals surface area contributed by atoms with E-state index in [-0.39, 0.29) is 16.2 Å². The number of nitrogens with zero attached hydrogens (tertiary/aromatic N) is 4. The summed E-state index contributed by atoms with van der Waals surface area (Å²) in [6.07, 6.45) is 8.16. The molecule has 1 unspecified atom stereocenters. The Bertz CT molecular complexity index is 2510. The number of unbranched alkanes of at least 4 members (excludes halogenated alkanes) is 3. The first-order chi connectivity index (χ1) is 28.2. The standard InChI is InChI=1S/C55H58N4/c1-10-11-12-13-14-37-16-24-44(25-17-37)55(9)47-33-36(2)15-30-45(47)46-31-22-40(34-48(46)55)49-32-23-41(35-56-49)52-58-50(38-18-26-42(27-19-38)53(3,4)5)57-51(59-52)39-20-28-43(29-21-39)54(6,7)8/h15-35H,10-14H2,1-9H3. The first-order valence-corrected chi connectivity index (χ1v) is 21.5. The van der Waals surface area contributed by atoms with Gasteiger partial charge in [-0.3, -0.25) is 4.98 Å². The van der Waals surface area contributed by atoms with Crippen LogP contribution in [0.5, 0.6) is 0 Å². The largest absolute Gasteiger partial charge is 0.255 e. The van der Waals surface area contributed by atoms with Crippen molar-refractivity contribution in [1.29, 1.82) is 0 Å². The Kier molecular flexibility index (Phi) is 10.7. The molecule has 0 fully saturated rings. The molecule has 1 aliphatic carbocycles. The number of fused-ring (bicyclic) bond motifs is 3. The summed E-state index contributed by atoms with van der Waals surface area (Å²) in [5, 5.41) is 0. The minimum atomic E-state index is -0.290. The molecule has 5 aromatic carbocycles. The summed E-state index contributed by atoms with van der Waals surface area (Å²) in [6.45, 7) is 20.3. The lowest BCUT2D eigenvalue weighted by atomic mass is 9.73. The predicted octanol–water partition coefficient (Wildman–Crippen LogP) is 14.3. The molecule has 298 valence electrons. The molecule has 0 amide bonds. The third kappa shape index (κ3) is 8.02. The molecular weight excluding hydrogens is 717 g/mol. The van der Waals surface area contributed by atoms with Gasteiger partial charge in [0.05, 0.1) is 5.69 Å². The van der Waals surface area contributed by atoms with E-state index in [1.165, 1.54) is 75.8 Å². The number of rotatable bonds is 10. The van der Waals surface area contributed by atoms with Crippen molar-refractivity contribution in [1.82, 2.24) is 19.9 Å². The molecule has 0 saturated heterocycles. The molecule has 0 spiro atoms. The van der Waals surface area contributed by atoms with Gasteiger partial charge in [0.1, 0.15) is 0 Å². The Labute approximate surface area is 352 Å². The molecule has 0 bridgehead atoms. The fourth-order valence-corrected chi connectivity index (χ4v) is 8.57. The molecule has 1 aliphatic rings. The number of pyridine rings is 1. The summed E-state index contributed by atoms with van der Waals surface area (Å²) in [4.78, 5) is 20.2. The van der Waals surface area contributed by atoms with Crippen molar-refractivity contribution in [3.8, 4) is 56.5 Å². The van der Waals surface area contributed by atoms with E-state index in [2.05, 4.69) is 184 Å². The molecule has 8 rings (SSSR count). The van der Waals surface area contributed by atoms with Gasteiger partial charge in [0.2, 0.25) is 0 Å². The van der Waals surface area contributed by atoms with E-state index < -0.39 is 0 Å². The molecular formula is C55H58N4. The van der Waals surface area contributed by atoms with Gasteiger partial charge < -0.3 is 0 Å². The van der Waals surface area contributed by atoms with Crippen LogP contribution in [0.15, 0.2) is 128 Å². The van der Waals surface area contributed by atoms with Crippen molar-refractivity contribution in [3.05, 3.63) is 166 Å². The first-order valence-electron chi connectivity index (χ1n) is 21.5. The molecule has 0 aliphatic heterocycles. The molecule has 7 aromatic rings. The zero-order chi connectivity index (χ0) is 41.5. The molecule has 0 saturated carbocycles. The summed E-state index contributed by atoms with van der Waals surface area (Å²) < 4.78 is 0. The number of aromatic nitrogens is 4. The molecule has 0 radical (unpaired) electrons. The van der Waals surface area contributed by atoms with E-state index in [9.17, 15) is 0 Å². The zero-order valence-corrected chi connectivity index (χ0v) is 36.4. The van der Waals surface area contributed by atoms with Crippen LogP contribution in [0.1, 0.15) is 120 Å². The van der Waals surface area contributed by atoms with Crippen molar-refractivity contribution < 1.29 is 0 Å². The fraction of sp³-hybridized carbons (Fsp3) is 0.309. The second kappa shape index (κ2) is 15.8. The van der Waals surface area contributed by atoms with Crippen molar-refractivity contribution in [3.63, 3.8) is 0 Å². The summed E-state index contributed by atoms with van der Waals surface area (Å²) in [5.74, 6) is 1.89. The summed E-state index contributed by atoms with van der Waals surface area (Å²) in [6, 6.07) is 44.7. The van der Waals surface area contributed by atoms with E-state index in [0.29, 0.717) is 17.5 Å². The molecule has 4 heteroatoms. The summed E-state index contributed by atoms with van der Waals surface area (Å²) >= 11 is 0. The van der Waals surface area contributed by atoms with Crippen LogP contribution in [-0.4, -0.2) is 19.9 Å². The van der Waals surface area contributed by atoms with Gasteiger partial charge in [-0.2, -0.15) is 0 Å². The van der Waals surface area contributed by atoms with Gasteiger partial charge in [-0.1, -0.05) is 176 Å². The maximum absolute atomic E-state index is 5.07. The van der Waals surface area contributed by atoms with Crippen molar-refractivity contribution in [2.24, 2.45) is 0 Å². The fourth-order valence-electron chi connectivity index (χ4n) is 8.57. The monoisotopic (exact) mass is 774 g/mol. The minimum absolute atomic E-state index is 0.0511. The Morgan fingerprint density at radius 3 is 1.54 bits per heavy atom. The van der Waals surface area contributed by atoms with Crippen LogP contribution in [0.25, 0.3) is 56.5 Å². The van der Waals surface area contributed by atoms with E-state index in [1.807, 2.05) is 6.20 Å². The molecule has 2 aromatic heterocycles. The third-order valence-electron chi connectivity index (χ3n) is 12.4. The van der Waals surface area contributed by atoms with Crippen LogP contribution in [0.3, 0.4) is 0 Å². The average molecular weight is 775 g/mol. The third-order valence-corrected chi connectivity index (χ3v) is 12.4. The van der Waals surface area contributed by atoms with Crippen LogP contribution >= 0.6 is 0 Å². The van der Waals surface area contributed by atoms with Crippen LogP contribution in [0, 0.1) is 6.92 Å². The second-order valence-corrected chi connectivity index (χ2v) is 18.8. The number of aryl methyl sites for hydroxylation is 2. The van der Waals surface area contributed by atoms with E-state index in [0.717, 1.165) is 34.4 Å². The predicted molar refractivity (Wildman–Crippen MR) is 247 cm³/mol. The lowest BCUT2D eigenvalue weighted by molar-refractivity contribution is 0.590. The quantitative estimate of drug-likeness (QED) is 0.130. The zero-order valence-electron chi connectivity index (χ0n) is 36.4. The normalized spacial score (nSPS) is 14.9. The highest BCUT2D eigenvalue weighted by atomic mass is 15.0. The van der Waals surface area contributed by atoms with E-state index >= 15 is 0 Å². The molecule has 2 heterocycles. The van der Waals surface area contributed by atoms with Gasteiger partial charge in [0, 0.05) is 33.9 Å². The van der Waals surface area contributed by atoms with Crippen LogP contribution < -0.4 is 0 Å². The Morgan fingerprint density at radius 2 is 1.02 bits per heavy atom. The van der Waals surface area contributed by atoms with Gasteiger partial charge >= 0.3 is 0 Å². The van der Waals surface area contributed by atoms with E-state index in [1.54, 1.807) is 0 Å². The highest BCUT2D eigenvalue weighted by Crippen LogP contribution is 2.53. The van der Waals surface area contributed by atoms with Crippen molar-refractivity contribution >= 4 is 0 Å². The average Bonchev–Trinajstić information content (AvgIpc) is 3.49. The molecule has 0 N–H and O–H groups in total. The van der Waals surface area contributed by atoms with Crippen LogP contribution in [0.4, 0.5) is 0 Å². The summed E-state index contributed by atoms with van der Waals surface area (Å²) in [7, 11) is 0. The lowest BCUT2D eigenvalue weighted by Crippen LogP contribution is -2.22. The highest BCUT2D eigenvalue weighted by molar-refractivity contribution is 5.86. The smallest absolute Gasteiger partial charge is 0.165 e. The van der Waals surface area contributed by atoms with Crippen LogP contribution in [0.2, 0.25) is 0 Å². The number of hydrogen-bond acceptors (Lipinski definition) is 4. The number of benzene rings is 5. The first kappa shape index (κ1) is 40.1. The van der Waals surface area contributed by atoms with E-state index in [4.69, 9.17) is 19.9 Å². The topological polar surface area (TPSA) is 51.6 Å². The maximum Gasteiger partial charge on any atom is 0.165 e. The Hall–Kier alpha value is -5.74. The van der Waals surface area contributed by atoms with Gasteiger partial charge in [-0.15, -0.1) is 0 Å². The van der Waals surface area contributed by atoms with Crippen molar-refractivity contribution in [2.75, 3.05) is 0 Å². The summed E-state index contributed by atoms with van der Waals surface area (Å²) in [5.41, 5.74) is 16.4. The molecule has 59 heavy (non-hydrogen) atoms. The van der Waals surface area contributed by atoms with Crippen LogP contribution in [-0.2, 0) is 22.7 Å². The number of hydrogen-bond donors (Lipinski definition) is 0. The molecule has 4 nitrogen and oxygen atoms in total. The molecule has 1 atom stereocenters. The SMILES string of the molecule is CCCCCCc1ccc(C2(C)c3cc(C)ccc3-c3ccc(-c4ccc(-c5nc(-c6ccc(C(C)(C)C)cc6)nc(-c6ccc(C(C)(C)C)cc6)n5)cn4)cc32)cc1.